The predicted octanol–water partition coefficient (Wildman–Crippen LogP) is 4.19. The van der Waals surface area contributed by atoms with E-state index in [4.69, 9.17) is 4.74 Å². The van der Waals surface area contributed by atoms with Gasteiger partial charge in [0.25, 0.3) is 0 Å². The Morgan fingerprint density at radius 1 is 1.17 bits per heavy atom. The summed E-state index contributed by atoms with van der Waals surface area (Å²) in [6.07, 6.45) is 6.79. The molecule has 3 amide bonds. The first-order chi connectivity index (χ1) is 20.1. The SMILES string of the molecule is C=CCN(Cc1ccccc1)C(=O)[C@@H]1[C@H]2C(=O)N(CCCCO)C(C(=O)N(CC=C)C(C)CCC)C23CC(C)[C@@]1(C)O3. The first-order valence-electron chi connectivity index (χ1n) is 15.6. The number of carbonyl (C=O) groups excluding carboxylic acids is 3. The molecule has 1 aromatic rings. The van der Waals surface area contributed by atoms with Gasteiger partial charge < -0.3 is 24.5 Å². The minimum atomic E-state index is -1.10. The minimum Gasteiger partial charge on any atom is -0.396 e. The van der Waals surface area contributed by atoms with Gasteiger partial charge in [0.2, 0.25) is 17.7 Å². The molecule has 1 spiro atoms. The third-order valence-corrected chi connectivity index (χ3v) is 9.85. The lowest BCUT2D eigenvalue weighted by Crippen LogP contribution is -2.58. The second-order valence-corrected chi connectivity index (χ2v) is 12.6. The van der Waals surface area contributed by atoms with Crippen LogP contribution in [0.3, 0.4) is 0 Å². The van der Waals surface area contributed by atoms with Crippen LogP contribution in [0.4, 0.5) is 0 Å². The number of rotatable bonds is 15. The number of hydrogen-bond acceptors (Lipinski definition) is 5. The van der Waals surface area contributed by atoms with Crippen molar-refractivity contribution in [2.45, 2.75) is 89.6 Å². The van der Waals surface area contributed by atoms with Gasteiger partial charge in [-0.3, -0.25) is 14.4 Å². The zero-order valence-corrected chi connectivity index (χ0v) is 25.8. The molecule has 4 rings (SSSR count). The Bertz CT molecular complexity index is 1160. The summed E-state index contributed by atoms with van der Waals surface area (Å²) in [5.41, 5.74) is -0.993. The summed E-state index contributed by atoms with van der Waals surface area (Å²) in [7, 11) is 0. The van der Waals surface area contributed by atoms with Crippen molar-refractivity contribution >= 4 is 17.7 Å². The molecule has 0 aromatic heterocycles. The maximum Gasteiger partial charge on any atom is 0.248 e. The fourth-order valence-electron chi connectivity index (χ4n) is 7.77. The molecule has 2 bridgehead atoms. The number of hydrogen-bond donors (Lipinski definition) is 1. The van der Waals surface area contributed by atoms with Crippen molar-refractivity contribution in [3.05, 3.63) is 61.2 Å². The molecular formula is C34H49N3O5. The van der Waals surface area contributed by atoms with Gasteiger partial charge in [-0.2, -0.15) is 0 Å². The maximum absolute atomic E-state index is 14.6. The Labute approximate surface area is 251 Å². The summed E-state index contributed by atoms with van der Waals surface area (Å²) in [6.45, 7) is 17.4. The van der Waals surface area contributed by atoms with Gasteiger partial charge in [0.1, 0.15) is 11.6 Å². The Balaban J connectivity index is 1.78. The van der Waals surface area contributed by atoms with E-state index in [1.165, 1.54) is 0 Å². The van der Waals surface area contributed by atoms with Gasteiger partial charge in [0, 0.05) is 38.8 Å². The number of nitrogens with zero attached hydrogens (tertiary/aromatic N) is 3. The number of likely N-dealkylation sites (tertiary alicyclic amines) is 1. The average Bonchev–Trinajstić information content (AvgIpc) is 3.48. The van der Waals surface area contributed by atoms with Crippen molar-refractivity contribution < 1.29 is 24.2 Å². The normalized spacial score (nSPS) is 30.2. The largest absolute Gasteiger partial charge is 0.396 e. The molecule has 0 radical (unpaired) electrons. The molecule has 42 heavy (non-hydrogen) atoms. The van der Waals surface area contributed by atoms with Gasteiger partial charge in [-0.25, -0.2) is 0 Å². The van der Waals surface area contributed by atoms with Crippen LogP contribution in [-0.2, 0) is 25.7 Å². The Hall–Kier alpha value is -2.97. The van der Waals surface area contributed by atoms with Crippen molar-refractivity contribution in [3.8, 4) is 0 Å². The quantitative estimate of drug-likeness (QED) is 0.249. The second-order valence-electron chi connectivity index (χ2n) is 12.6. The molecule has 7 atom stereocenters. The molecule has 3 fully saturated rings. The molecule has 0 saturated carbocycles. The van der Waals surface area contributed by atoms with Crippen LogP contribution < -0.4 is 0 Å². The topological polar surface area (TPSA) is 90.4 Å². The molecule has 3 heterocycles. The Morgan fingerprint density at radius 2 is 1.86 bits per heavy atom. The second kappa shape index (κ2) is 13.1. The highest BCUT2D eigenvalue weighted by Gasteiger charge is 2.80. The van der Waals surface area contributed by atoms with Crippen molar-refractivity contribution in [1.82, 2.24) is 14.7 Å². The highest BCUT2D eigenvalue weighted by atomic mass is 16.5. The summed E-state index contributed by atoms with van der Waals surface area (Å²) in [5.74, 6) is -2.00. The molecule has 0 aliphatic carbocycles. The van der Waals surface area contributed by atoms with E-state index in [1.54, 1.807) is 22.0 Å². The lowest BCUT2D eigenvalue weighted by Gasteiger charge is -2.40. The number of unbranched alkanes of at least 4 members (excludes halogenated alkanes) is 1. The standard InChI is InChI=1S/C34H49N3O5/c1-7-15-25(5)36(19-9-3)32(41)29-34-22-24(4)33(6,42-34)27(28(34)31(40)37(29)20-13-14-21-38)30(39)35(18-8-2)23-26-16-11-10-12-17-26/h8-12,16-17,24-25,27-29,38H,2-3,7,13-15,18-23H2,1,4-6H3/t24?,25?,27-,28-,29?,33+,34?/m0/s1. The molecule has 3 aliphatic heterocycles. The van der Waals surface area contributed by atoms with Gasteiger partial charge in [0.15, 0.2) is 0 Å². The number of benzene rings is 1. The molecule has 8 heteroatoms. The molecule has 230 valence electrons. The zero-order chi connectivity index (χ0) is 30.7. The summed E-state index contributed by atoms with van der Waals surface area (Å²) in [6, 6.07) is 8.92. The fraction of sp³-hybridized carbons (Fsp3) is 0.618. The summed E-state index contributed by atoms with van der Waals surface area (Å²) < 4.78 is 6.95. The molecule has 3 saturated heterocycles. The minimum absolute atomic E-state index is 0.00799. The van der Waals surface area contributed by atoms with Crippen molar-refractivity contribution in [2.75, 3.05) is 26.2 Å². The van der Waals surface area contributed by atoms with Crippen LogP contribution in [0.15, 0.2) is 55.6 Å². The third-order valence-electron chi connectivity index (χ3n) is 9.85. The lowest BCUT2D eigenvalue weighted by atomic mass is 9.62. The average molecular weight is 580 g/mol. The number of amides is 3. The molecule has 3 aliphatic rings. The number of aliphatic hydroxyl groups is 1. The summed E-state index contributed by atoms with van der Waals surface area (Å²) in [5, 5.41) is 9.48. The number of ether oxygens (including phenoxy) is 1. The molecule has 4 unspecified atom stereocenters. The molecular weight excluding hydrogens is 530 g/mol. The van der Waals surface area contributed by atoms with E-state index in [2.05, 4.69) is 27.0 Å². The van der Waals surface area contributed by atoms with Crippen LogP contribution >= 0.6 is 0 Å². The van der Waals surface area contributed by atoms with E-state index in [0.29, 0.717) is 45.4 Å². The third kappa shape index (κ3) is 5.44. The molecule has 8 nitrogen and oxygen atoms in total. The Kier molecular flexibility index (Phi) is 9.99. The summed E-state index contributed by atoms with van der Waals surface area (Å²) in [4.78, 5) is 48.8. The number of aliphatic hydroxyl groups excluding tert-OH is 1. The first kappa shape index (κ1) is 32.0. The molecule has 1 aromatic carbocycles. The molecule has 1 N–H and O–H groups in total. The van der Waals surface area contributed by atoms with E-state index in [1.807, 2.05) is 49.1 Å². The summed E-state index contributed by atoms with van der Waals surface area (Å²) >= 11 is 0. The smallest absolute Gasteiger partial charge is 0.248 e. The monoisotopic (exact) mass is 579 g/mol. The van der Waals surface area contributed by atoms with E-state index >= 15 is 0 Å². The highest BCUT2D eigenvalue weighted by molar-refractivity contribution is 5.99. The van der Waals surface area contributed by atoms with Crippen molar-refractivity contribution in [3.63, 3.8) is 0 Å². The Morgan fingerprint density at radius 3 is 2.48 bits per heavy atom. The van der Waals surface area contributed by atoms with Crippen LogP contribution in [0, 0.1) is 17.8 Å². The predicted molar refractivity (Wildman–Crippen MR) is 163 cm³/mol. The van der Waals surface area contributed by atoms with Gasteiger partial charge in [-0.15, -0.1) is 13.2 Å². The maximum atomic E-state index is 14.6. The van der Waals surface area contributed by atoms with Gasteiger partial charge >= 0.3 is 0 Å². The van der Waals surface area contributed by atoms with Gasteiger partial charge in [-0.1, -0.05) is 62.8 Å². The van der Waals surface area contributed by atoms with Gasteiger partial charge in [-0.05, 0) is 51.0 Å². The van der Waals surface area contributed by atoms with Gasteiger partial charge in [0.05, 0.1) is 17.4 Å². The van der Waals surface area contributed by atoms with E-state index in [0.717, 1.165) is 18.4 Å². The van der Waals surface area contributed by atoms with Crippen LogP contribution in [-0.4, -0.2) is 87.1 Å². The van der Waals surface area contributed by atoms with Crippen LogP contribution in [0.5, 0.6) is 0 Å². The lowest BCUT2D eigenvalue weighted by molar-refractivity contribution is -0.156. The number of fused-ring (bicyclic) bond motifs is 1. The van der Waals surface area contributed by atoms with E-state index < -0.39 is 29.1 Å². The number of carbonyl (C=O) groups is 3. The fourth-order valence-corrected chi connectivity index (χ4v) is 7.77. The first-order valence-corrected chi connectivity index (χ1v) is 15.6. The van der Waals surface area contributed by atoms with Crippen molar-refractivity contribution in [2.24, 2.45) is 17.8 Å². The highest BCUT2D eigenvalue weighted by Crippen LogP contribution is 2.65. The van der Waals surface area contributed by atoms with Crippen LogP contribution in [0.2, 0.25) is 0 Å². The zero-order valence-electron chi connectivity index (χ0n) is 25.8. The van der Waals surface area contributed by atoms with Crippen LogP contribution in [0.1, 0.15) is 65.4 Å². The van der Waals surface area contributed by atoms with E-state index in [9.17, 15) is 19.5 Å². The van der Waals surface area contributed by atoms with Crippen molar-refractivity contribution in [1.29, 1.82) is 0 Å². The van der Waals surface area contributed by atoms with E-state index in [-0.39, 0.29) is 36.3 Å². The van der Waals surface area contributed by atoms with Crippen LogP contribution in [0.25, 0.3) is 0 Å².